The highest BCUT2D eigenvalue weighted by molar-refractivity contribution is 7.89. The van der Waals surface area contributed by atoms with Crippen molar-refractivity contribution in [3.63, 3.8) is 0 Å². The summed E-state index contributed by atoms with van der Waals surface area (Å²) in [6.45, 7) is 5.27. The number of hydrogen-bond donors (Lipinski definition) is 2. The van der Waals surface area contributed by atoms with Crippen molar-refractivity contribution in [1.29, 1.82) is 0 Å². The normalized spacial score (nSPS) is 14.9. The lowest BCUT2D eigenvalue weighted by Gasteiger charge is -2.25. The van der Waals surface area contributed by atoms with Gasteiger partial charge in [-0.3, -0.25) is 4.79 Å². The van der Waals surface area contributed by atoms with Crippen molar-refractivity contribution in [3.05, 3.63) is 102 Å². The average Bonchev–Trinajstić information content (AvgIpc) is 2.90. The molecule has 0 bridgehead atoms. The highest BCUT2D eigenvalue weighted by Crippen LogP contribution is 2.16. The minimum atomic E-state index is -3.84. The summed E-state index contributed by atoms with van der Waals surface area (Å²) >= 11 is 0. The fraction of sp³-hybridized carbons (Fsp3) is 0.345. The molecule has 0 aliphatic rings. The topological polar surface area (TPSA) is 102 Å². The van der Waals surface area contributed by atoms with E-state index >= 15 is 0 Å². The van der Waals surface area contributed by atoms with Gasteiger partial charge in [-0.2, -0.15) is 0 Å². The first-order chi connectivity index (χ1) is 17.7. The Balaban J connectivity index is 1.62. The van der Waals surface area contributed by atoms with E-state index in [9.17, 15) is 18.3 Å². The molecule has 37 heavy (non-hydrogen) atoms. The van der Waals surface area contributed by atoms with E-state index in [1.807, 2.05) is 67.6 Å². The third kappa shape index (κ3) is 8.79. The van der Waals surface area contributed by atoms with Crippen LogP contribution in [0, 0.1) is 12.8 Å². The molecule has 2 N–H and O–H groups in total. The van der Waals surface area contributed by atoms with Crippen LogP contribution in [0.4, 0.5) is 0 Å². The maximum Gasteiger partial charge on any atom is 0.311 e. The molecule has 8 heteroatoms. The summed E-state index contributed by atoms with van der Waals surface area (Å²) in [6.07, 6.45) is -1.37. The summed E-state index contributed by atoms with van der Waals surface area (Å²) in [5.41, 5.74) is 2.80. The van der Waals surface area contributed by atoms with Gasteiger partial charge in [0.05, 0.1) is 35.7 Å². The third-order valence-electron chi connectivity index (χ3n) is 6.13. The molecule has 0 saturated carbocycles. The van der Waals surface area contributed by atoms with Crippen LogP contribution >= 0.6 is 0 Å². The Hall–Kier alpha value is -3.04. The highest BCUT2D eigenvalue weighted by Gasteiger charge is 2.30. The fourth-order valence-corrected chi connectivity index (χ4v) is 5.02. The standard InChI is InChI=1S/C29H35NO6S/c1-21-14-16-27(17-15-21)37(33,34)30-26(18-24-10-6-4-7-11-24)20-36-29(32)22(2)28(31)23(3)35-19-25-12-8-5-9-13-25/h4-17,22-23,26,28,30-31H,18-20H2,1-3H3/t22-,23+,26-,28+/m0/s1. The number of aliphatic hydroxyl groups is 1. The predicted octanol–water partition coefficient (Wildman–Crippen LogP) is 4.03. The Labute approximate surface area is 219 Å². The molecule has 0 aliphatic carbocycles. The molecule has 0 amide bonds. The third-order valence-corrected chi connectivity index (χ3v) is 7.66. The first-order valence-corrected chi connectivity index (χ1v) is 13.8. The SMILES string of the molecule is Cc1ccc(S(=O)(=O)N[C@H](COC(=O)[C@@H](C)[C@@H](O)[C@@H](C)OCc2ccccc2)Cc2ccccc2)cc1. The minimum Gasteiger partial charge on any atom is -0.464 e. The largest absolute Gasteiger partial charge is 0.464 e. The number of ether oxygens (including phenoxy) is 2. The number of carbonyl (C=O) groups is 1. The lowest BCUT2D eigenvalue weighted by Crippen LogP contribution is -2.42. The van der Waals surface area contributed by atoms with Crippen molar-refractivity contribution in [2.75, 3.05) is 6.61 Å². The summed E-state index contributed by atoms with van der Waals surface area (Å²) in [5, 5.41) is 10.7. The van der Waals surface area contributed by atoms with Gasteiger partial charge in [-0.1, -0.05) is 78.4 Å². The number of hydrogen-bond acceptors (Lipinski definition) is 6. The molecule has 3 rings (SSSR count). The van der Waals surface area contributed by atoms with Crippen LogP contribution in [0.2, 0.25) is 0 Å². The van der Waals surface area contributed by atoms with Crippen molar-refractivity contribution in [3.8, 4) is 0 Å². The molecule has 0 aromatic heterocycles. The quantitative estimate of drug-likeness (QED) is 0.327. The number of nitrogens with one attached hydrogen (secondary N) is 1. The predicted molar refractivity (Wildman–Crippen MR) is 142 cm³/mol. The zero-order valence-corrected chi connectivity index (χ0v) is 22.2. The lowest BCUT2D eigenvalue weighted by molar-refractivity contribution is -0.156. The van der Waals surface area contributed by atoms with Crippen LogP contribution in [0.5, 0.6) is 0 Å². The molecule has 4 atom stereocenters. The Morgan fingerprint density at radius 1 is 0.892 bits per heavy atom. The number of sulfonamides is 1. The second-order valence-electron chi connectivity index (χ2n) is 9.23. The van der Waals surface area contributed by atoms with Crippen molar-refractivity contribution in [2.24, 2.45) is 5.92 Å². The molecule has 0 fully saturated rings. The van der Waals surface area contributed by atoms with Crippen LogP contribution in [-0.2, 0) is 37.3 Å². The van der Waals surface area contributed by atoms with E-state index in [1.54, 1.807) is 38.1 Å². The van der Waals surface area contributed by atoms with Crippen molar-refractivity contribution >= 4 is 16.0 Å². The number of aliphatic hydroxyl groups excluding tert-OH is 1. The van der Waals surface area contributed by atoms with E-state index in [0.29, 0.717) is 13.0 Å². The van der Waals surface area contributed by atoms with Gasteiger partial charge in [-0.15, -0.1) is 0 Å². The maximum atomic E-state index is 13.0. The first-order valence-electron chi connectivity index (χ1n) is 12.3. The molecule has 3 aromatic rings. The van der Waals surface area contributed by atoms with Crippen LogP contribution in [0.3, 0.4) is 0 Å². The van der Waals surface area contributed by atoms with Gasteiger partial charge in [0.1, 0.15) is 6.61 Å². The van der Waals surface area contributed by atoms with Gasteiger partial charge in [0.2, 0.25) is 10.0 Å². The summed E-state index contributed by atoms with van der Waals surface area (Å²) in [4.78, 5) is 12.9. The molecular weight excluding hydrogens is 490 g/mol. The van der Waals surface area contributed by atoms with Gasteiger partial charge >= 0.3 is 5.97 Å². The van der Waals surface area contributed by atoms with E-state index in [4.69, 9.17) is 9.47 Å². The zero-order chi connectivity index (χ0) is 26.8. The number of aryl methyl sites for hydroxylation is 1. The van der Waals surface area contributed by atoms with Crippen molar-refractivity contribution in [2.45, 2.75) is 56.9 Å². The van der Waals surface area contributed by atoms with Crippen LogP contribution < -0.4 is 4.72 Å². The van der Waals surface area contributed by atoms with Gasteiger partial charge < -0.3 is 14.6 Å². The van der Waals surface area contributed by atoms with E-state index in [2.05, 4.69) is 4.72 Å². The van der Waals surface area contributed by atoms with E-state index in [1.165, 1.54) is 0 Å². The molecule has 3 aromatic carbocycles. The molecule has 0 unspecified atom stereocenters. The molecule has 0 aliphatic heterocycles. The van der Waals surface area contributed by atoms with Crippen LogP contribution in [0.1, 0.15) is 30.5 Å². The number of rotatable bonds is 13. The van der Waals surface area contributed by atoms with Crippen molar-refractivity contribution in [1.82, 2.24) is 4.72 Å². The molecule has 0 heterocycles. The van der Waals surface area contributed by atoms with E-state index in [-0.39, 0.29) is 11.5 Å². The molecule has 0 radical (unpaired) electrons. The number of carbonyl (C=O) groups excluding carboxylic acids is 1. The van der Waals surface area contributed by atoms with E-state index in [0.717, 1.165) is 16.7 Å². The van der Waals surface area contributed by atoms with Crippen LogP contribution in [-0.4, -0.2) is 44.4 Å². The molecule has 7 nitrogen and oxygen atoms in total. The number of benzene rings is 3. The average molecular weight is 526 g/mol. The smallest absolute Gasteiger partial charge is 0.311 e. The van der Waals surface area contributed by atoms with Gasteiger partial charge in [0.25, 0.3) is 0 Å². The Kier molecular flexibility index (Phi) is 10.4. The van der Waals surface area contributed by atoms with Crippen LogP contribution in [0.15, 0.2) is 89.8 Å². The second kappa shape index (κ2) is 13.5. The second-order valence-corrected chi connectivity index (χ2v) is 10.9. The van der Waals surface area contributed by atoms with Crippen molar-refractivity contribution < 1.29 is 27.8 Å². The molecule has 198 valence electrons. The van der Waals surface area contributed by atoms with Crippen LogP contribution in [0.25, 0.3) is 0 Å². The minimum absolute atomic E-state index is 0.135. The summed E-state index contributed by atoms with van der Waals surface area (Å²) in [6, 6.07) is 24.7. The summed E-state index contributed by atoms with van der Waals surface area (Å²) < 4.78 is 39.9. The van der Waals surface area contributed by atoms with Gasteiger partial charge in [0, 0.05) is 0 Å². The summed E-state index contributed by atoms with van der Waals surface area (Å²) in [5.74, 6) is -1.49. The van der Waals surface area contributed by atoms with E-state index < -0.39 is 40.2 Å². The summed E-state index contributed by atoms with van der Waals surface area (Å²) in [7, 11) is -3.84. The monoisotopic (exact) mass is 525 g/mol. The molecular formula is C29H35NO6S. The van der Waals surface area contributed by atoms with Gasteiger partial charge in [-0.25, -0.2) is 13.1 Å². The Morgan fingerprint density at radius 2 is 1.46 bits per heavy atom. The molecule has 0 saturated heterocycles. The fourth-order valence-electron chi connectivity index (χ4n) is 3.80. The molecule has 0 spiro atoms. The maximum absolute atomic E-state index is 13.0. The Bertz CT molecular complexity index is 1220. The highest BCUT2D eigenvalue weighted by atomic mass is 32.2. The zero-order valence-electron chi connectivity index (χ0n) is 21.4. The lowest BCUT2D eigenvalue weighted by atomic mass is 10.0. The first kappa shape index (κ1) is 28.5. The van der Waals surface area contributed by atoms with Gasteiger partial charge in [-0.05, 0) is 50.5 Å². The Morgan fingerprint density at radius 3 is 2.05 bits per heavy atom. The number of esters is 1. The van der Waals surface area contributed by atoms with Gasteiger partial charge in [0.15, 0.2) is 0 Å².